The first-order valence-corrected chi connectivity index (χ1v) is 9.47. The smallest absolute Gasteiger partial charge is 0.329 e. The van der Waals surface area contributed by atoms with Crippen molar-refractivity contribution in [3.05, 3.63) is 64.3 Å². The number of aromatic amines is 1. The van der Waals surface area contributed by atoms with Crippen LogP contribution in [0.25, 0.3) is 10.9 Å². The summed E-state index contributed by atoms with van der Waals surface area (Å²) in [5, 5.41) is 3.04. The van der Waals surface area contributed by atoms with Gasteiger partial charge in [-0.3, -0.25) is 18.7 Å². The number of halogens is 2. The number of anilines is 2. The molecule has 0 aliphatic heterocycles. The molecular weight excluding hydrogens is 466 g/mol. The van der Waals surface area contributed by atoms with Crippen molar-refractivity contribution in [3.63, 3.8) is 0 Å². The second kappa shape index (κ2) is 6.32. The summed E-state index contributed by atoms with van der Waals surface area (Å²) in [7, 11) is 1.51. The number of fused-ring (bicyclic) bond motifs is 1. The van der Waals surface area contributed by atoms with E-state index >= 15 is 0 Å². The third-order valence-electron chi connectivity index (χ3n) is 4.80. The molecule has 4 rings (SSSR count). The molecule has 0 unspecified atom stereocenters. The predicted octanol–water partition coefficient (Wildman–Crippen LogP) is 2.52. The van der Waals surface area contributed by atoms with Gasteiger partial charge in [-0.25, -0.2) is 9.18 Å². The molecule has 0 amide bonds. The van der Waals surface area contributed by atoms with Crippen LogP contribution in [0.1, 0.15) is 24.4 Å². The van der Waals surface area contributed by atoms with E-state index in [1.54, 1.807) is 19.1 Å². The zero-order valence-corrected chi connectivity index (χ0v) is 16.8. The molecule has 7 nitrogen and oxygen atoms in total. The Balaban J connectivity index is 2.07. The zero-order valence-electron chi connectivity index (χ0n) is 14.6. The molecule has 0 saturated heterocycles. The van der Waals surface area contributed by atoms with Gasteiger partial charge in [0.1, 0.15) is 17.0 Å². The van der Waals surface area contributed by atoms with E-state index in [0.717, 1.165) is 16.4 Å². The lowest BCUT2D eigenvalue weighted by atomic mass is 10.2. The first-order valence-electron chi connectivity index (χ1n) is 8.39. The van der Waals surface area contributed by atoms with Gasteiger partial charge in [0.2, 0.25) is 0 Å². The minimum absolute atomic E-state index is 0.133. The molecule has 2 aromatic heterocycles. The van der Waals surface area contributed by atoms with Crippen molar-refractivity contribution in [2.24, 2.45) is 7.05 Å². The van der Waals surface area contributed by atoms with Crippen LogP contribution in [0.3, 0.4) is 0 Å². The zero-order chi connectivity index (χ0) is 19.5. The Bertz CT molecular complexity index is 1270. The maximum absolute atomic E-state index is 14.3. The summed E-state index contributed by atoms with van der Waals surface area (Å²) < 4.78 is 17.5. The number of nitrogens with one attached hydrogen (secondary N) is 2. The van der Waals surface area contributed by atoms with Gasteiger partial charge in [-0.1, -0.05) is 0 Å². The van der Waals surface area contributed by atoms with Gasteiger partial charge in [-0.15, -0.1) is 0 Å². The molecule has 1 aliphatic carbocycles. The van der Waals surface area contributed by atoms with Crippen LogP contribution in [-0.2, 0) is 7.05 Å². The number of H-pyrrole nitrogens is 1. The van der Waals surface area contributed by atoms with Crippen molar-refractivity contribution in [1.29, 1.82) is 0 Å². The van der Waals surface area contributed by atoms with E-state index in [-0.39, 0.29) is 39.6 Å². The average Bonchev–Trinajstić information content (AvgIpc) is 3.43. The summed E-state index contributed by atoms with van der Waals surface area (Å²) in [6.07, 6.45) is 1.52. The predicted molar refractivity (Wildman–Crippen MR) is 109 cm³/mol. The Labute approximate surface area is 166 Å². The SMILES string of the molecule is Cc1c(=O)n(C)c(Nc2ccc(I)cc2F)c2c(=O)n(C3CC3)c(=O)[nH]c12. The molecule has 2 N–H and O–H groups in total. The molecule has 0 atom stereocenters. The van der Waals surface area contributed by atoms with Crippen LogP contribution in [0.15, 0.2) is 32.6 Å². The number of aromatic nitrogens is 3. The van der Waals surface area contributed by atoms with Gasteiger partial charge in [0.15, 0.2) is 0 Å². The molecule has 1 aliphatic rings. The summed E-state index contributed by atoms with van der Waals surface area (Å²) in [5.41, 5.74) is -0.813. The number of hydrogen-bond donors (Lipinski definition) is 2. The Hall–Kier alpha value is -2.43. The number of rotatable bonds is 3. The van der Waals surface area contributed by atoms with Gasteiger partial charge in [0.25, 0.3) is 11.1 Å². The van der Waals surface area contributed by atoms with Crippen LogP contribution in [0.2, 0.25) is 0 Å². The Morgan fingerprint density at radius 3 is 2.56 bits per heavy atom. The Morgan fingerprint density at radius 2 is 1.93 bits per heavy atom. The quantitative estimate of drug-likeness (QED) is 0.562. The van der Waals surface area contributed by atoms with Crippen LogP contribution >= 0.6 is 22.6 Å². The highest BCUT2D eigenvalue weighted by Gasteiger charge is 2.29. The van der Waals surface area contributed by atoms with Crippen LogP contribution in [0.5, 0.6) is 0 Å². The normalized spacial score (nSPS) is 13.9. The number of aryl methyl sites for hydroxylation is 1. The highest BCUT2D eigenvalue weighted by Crippen LogP contribution is 2.33. The minimum atomic E-state index is -0.530. The topological polar surface area (TPSA) is 88.9 Å². The minimum Gasteiger partial charge on any atom is -0.338 e. The average molecular weight is 482 g/mol. The molecule has 2 heterocycles. The fourth-order valence-electron chi connectivity index (χ4n) is 3.21. The summed E-state index contributed by atoms with van der Waals surface area (Å²) in [5.74, 6) is -0.355. The third-order valence-corrected chi connectivity index (χ3v) is 5.47. The lowest BCUT2D eigenvalue weighted by Gasteiger charge is -2.17. The standard InChI is InChI=1S/C18H16FIN4O3/c1-8-14-13(17(26)24(10-4-5-10)18(27)22-14)15(23(2)16(8)25)21-12-6-3-9(20)7-11(12)19/h3,6-7,10,21H,4-5H2,1-2H3,(H,22,27). The van der Waals surface area contributed by atoms with Crippen molar-refractivity contribution in [3.8, 4) is 0 Å². The van der Waals surface area contributed by atoms with Crippen molar-refractivity contribution >= 4 is 45.0 Å². The molecule has 0 spiro atoms. The van der Waals surface area contributed by atoms with Crippen LogP contribution < -0.4 is 22.1 Å². The highest BCUT2D eigenvalue weighted by molar-refractivity contribution is 14.1. The highest BCUT2D eigenvalue weighted by atomic mass is 127. The number of nitrogens with zero attached hydrogens (tertiary/aromatic N) is 2. The van der Waals surface area contributed by atoms with E-state index in [0.29, 0.717) is 0 Å². The lowest BCUT2D eigenvalue weighted by molar-refractivity contribution is 0.630. The van der Waals surface area contributed by atoms with Gasteiger partial charge >= 0.3 is 5.69 Å². The third kappa shape index (κ3) is 2.89. The number of hydrogen-bond acceptors (Lipinski definition) is 4. The van der Waals surface area contributed by atoms with E-state index in [2.05, 4.69) is 10.3 Å². The van der Waals surface area contributed by atoms with E-state index in [4.69, 9.17) is 0 Å². The van der Waals surface area contributed by atoms with E-state index in [1.165, 1.54) is 22.2 Å². The first-order chi connectivity index (χ1) is 12.8. The van der Waals surface area contributed by atoms with Gasteiger partial charge in [-0.2, -0.15) is 0 Å². The summed E-state index contributed by atoms with van der Waals surface area (Å²) in [4.78, 5) is 40.7. The second-order valence-corrected chi connectivity index (χ2v) is 7.92. The number of benzene rings is 1. The molecule has 1 saturated carbocycles. The molecule has 0 bridgehead atoms. The monoisotopic (exact) mass is 482 g/mol. The Morgan fingerprint density at radius 1 is 1.22 bits per heavy atom. The maximum Gasteiger partial charge on any atom is 0.329 e. The maximum atomic E-state index is 14.3. The molecule has 3 aromatic rings. The van der Waals surface area contributed by atoms with Gasteiger partial charge in [0, 0.05) is 22.2 Å². The van der Waals surface area contributed by atoms with Crippen molar-refractivity contribution in [2.75, 3.05) is 5.32 Å². The molecule has 9 heteroatoms. The second-order valence-electron chi connectivity index (χ2n) is 6.67. The van der Waals surface area contributed by atoms with Crippen molar-refractivity contribution in [2.45, 2.75) is 25.8 Å². The van der Waals surface area contributed by atoms with Crippen LogP contribution in [0.4, 0.5) is 15.9 Å². The van der Waals surface area contributed by atoms with E-state index < -0.39 is 17.1 Å². The van der Waals surface area contributed by atoms with Crippen LogP contribution in [0, 0.1) is 16.3 Å². The fourth-order valence-corrected chi connectivity index (χ4v) is 3.66. The Kier molecular flexibility index (Phi) is 4.21. The van der Waals surface area contributed by atoms with Gasteiger partial charge in [-0.05, 0) is 60.6 Å². The molecule has 140 valence electrons. The lowest BCUT2D eigenvalue weighted by Crippen LogP contribution is -2.37. The van der Waals surface area contributed by atoms with Crippen molar-refractivity contribution in [1.82, 2.24) is 14.1 Å². The summed E-state index contributed by atoms with van der Waals surface area (Å²) >= 11 is 1.99. The van der Waals surface area contributed by atoms with Crippen LogP contribution in [-0.4, -0.2) is 14.1 Å². The van der Waals surface area contributed by atoms with E-state index in [1.807, 2.05) is 22.6 Å². The van der Waals surface area contributed by atoms with Crippen molar-refractivity contribution < 1.29 is 4.39 Å². The molecule has 1 fully saturated rings. The van der Waals surface area contributed by atoms with Gasteiger partial charge in [0.05, 0.1) is 11.2 Å². The molecular formula is C18H16FIN4O3. The largest absolute Gasteiger partial charge is 0.338 e. The first kappa shape index (κ1) is 18.0. The number of pyridine rings is 1. The van der Waals surface area contributed by atoms with E-state index in [9.17, 15) is 18.8 Å². The summed E-state index contributed by atoms with van der Waals surface area (Å²) in [6.45, 7) is 1.55. The summed E-state index contributed by atoms with van der Waals surface area (Å²) in [6, 6.07) is 4.47. The molecule has 0 radical (unpaired) electrons. The van der Waals surface area contributed by atoms with Gasteiger partial charge < -0.3 is 10.3 Å². The fraction of sp³-hybridized carbons (Fsp3) is 0.278. The molecule has 1 aromatic carbocycles. The molecule has 27 heavy (non-hydrogen) atoms.